The number of nitrogens with zero attached hydrogens (tertiary/aromatic N) is 1. The number of aliphatic hydroxyl groups excluding tert-OH is 5. The normalized spacial score (nSPS) is 36.2. The number of nitrogens with one attached hydrogen (secondary N) is 2. The molecule has 2 fully saturated rings. The summed E-state index contributed by atoms with van der Waals surface area (Å²) < 4.78 is 32.5. The van der Waals surface area contributed by atoms with Gasteiger partial charge in [0.05, 0.1) is 24.9 Å². The molecule has 1 aliphatic heterocycles. The zero-order valence-electron chi connectivity index (χ0n) is 20.0. The van der Waals surface area contributed by atoms with Crippen LogP contribution in [0.4, 0.5) is 0 Å². The van der Waals surface area contributed by atoms with Crippen molar-refractivity contribution in [1.29, 1.82) is 0 Å². The van der Waals surface area contributed by atoms with Crippen molar-refractivity contribution in [2.24, 2.45) is 5.92 Å². The van der Waals surface area contributed by atoms with E-state index in [0.29, 0.717) is 0 Å². The van der Waals surface area contributed by atoms with Crippen molar-refractivity contribution in [3.8, 4) is 0 Å². The highest BCUT2D eigenvalue weighted by molar-refractivity contribution is 8.07. The second kappa shape index (κ2) is 12.6. The lowest BCUT2D eigenvalue weighted by Crippen LogP contribution is -2.61. The van der Waals surface area contributed by atoms with E-state index in [4.69, 9.17) is 9.26 Å². The Morgan fingerprint density at radius 2 is 1.90 bits per heavy atom. The van der Waals surface area contributed by atoms with E-state index >= 15 is 0 Å². The lowest BCUT2D eigenvalue weighted by Gasteiger charge is -2.45. The van der Waals surface area contributed by atoms with E-state index < -0.39 is 99.7 Å². The maximum Gasteiger partial charge on any atom is 0.330 e. The minimum Gasteiger partial charge on any atom is -0.779 e. The minimum absolute atomic E-state index is 0.306. The molecule has 1 aliphatic carbocycles. The van der Waals surface area contributed by atoms with Crippen molar-refractivity contribution < 1.29 is 62.8 Å². The predicted molar refractivity (Wildman–Crippen MR) is 126 cm³/mol. The molecule has 1 aromatic rings. The Kier molecular flexibility index (Phi) is 10.4. The van der Waals surface area contributed by atoms with Gasteiger partial charge in [-0.15, -0.1) is 0 Å². The lowest BCUT2D eigenvalue weighted by atomic mass is 9.80. The Balaban J connectivity index is 1.66. The van der Waals surface area contributed by atoms with E-state index in [1.54, 1.807) is 0 Å². The number of amides is 1. The molecule has 222 valence electrons. The monoisotopic (exact) mass is 619 g/mol. The van der Waals surface area contributed by atoms with Crippen molar-refractivity contribution in [1.82, 2.24) is 14.9 Å². The van der Waals surface area contributed by atoms with Crippen LogP contribution in [0.25, 0.3) is 0 Å². The molecule has 7 N–H and O–H groups in total. The Hall–Kier alpha value is -1.41. The fourth-order valence-corrected chi connectivity index (χ4v) is 7.49. The number of hydrogen-bond donors (Lipinski definition) is 7. The third-order valence-electron chi connectivity index (χ3n) is 6.06. The van der Waals surface area contributed by atoms with Crippen LogP contribution in [0, 0.1) is 5.92 Å². The molecule has 2 aliphatic rings. The summed E-state index contributed by atoms with van der Waals surface area (Å²) in [5.74, 6) is -1.68. The summed E-state index contributed by atoms with van der Waals surface area (Å²) in [7, 11) is -5.56. The standard InChI is InChI=1S/C18H29N3O15P2S/c1-7(23)19-12-9(4-8(5-22)13(25)15(12)27)35-38(32,39)36-37(30,31)33-6-10-14(26)16(28)17(34-10)21-3-2-11(24)20-18(21)29/h2-3,8-10,12-17,22,25-28H,4-6H2,1H3,(H,19,23)(H,30,31)(H,32,39)(H,20,24,29)/p-2. The summed E-state index contributed by atoms with van der Waals surface area (Å²) in [6, 6.07) is -0.455. The number of rotatable bonds is 10. The number of phosphoric ester groups is 1. The highest BCUT2D eigenvalue weighted by Crippen LogP contribution is 2.57. The van der Waals surface area contributed by atoms with Crippen LogP contribution in [-0.4, -0.2) is 96.9 Å². The maximum absolute atomic E-state index is 12.7. The van der Waals surface area contributed by atoms with Gasteiger partial charge in [-0.3, -0.25) is 28.0 Å². The van der Waals surface area contributed by atoms with Crippen LogP contribution in [0.3, 0.4) is 0 Å². The summed E-state index contributed by atoms with van der Waals surface area (Å²) in [5.41, 5.74) is -1.72. The largest absolute Gasteiger partial charge is 0.779 e. The van der Waals surface area contributed by atoms with Crippen molar-refractivity contribution in [2.75, 3.05) is 13.2 Å². The van der Waals surface area contributed by atoms with Gasteiger partial charge in [0.2, 0.25) is 5.91 Å². The molecule has 21 heteroatoms. The first-order valence-corrected chi connectivity index (χ1v) is 15.3. The second-order valence-corrected chi connectivity index (χ2v) is 13.1. The number of carbonyl (C=O) groups excluding carboxylic acids is 1. The molecule has 3 rings (SSSR count). The molecule has 18 nitrogen and oxygen atoms in total. The van der Waals surface area contributed by atoms with Crippen molar-refractivity contribution in [3.63, 3.8) is 0 Å². The quantitative estimate of drug-likeness (QED) is 0.121. The van der Waals surface area contributed by atoms with Gasteiger partial charge < -0.3 is 54.4 Å². The Bertz CT molecular complexity index is 1240. The highest BCUT2D eigenvalue weighted by atomic mass is 32.5. The van der Waals surface area contributed by atoms with E-state index in [-0.39, 0.29) is 6.42 Å². The van der Waals surface area contributed by atoms with Gasteiger partial charge in [-0.2, -0.15) is 0 Å². The van der Waals surface area contributed by atoms with Crippen LogP contribution in [-0.2, 0) is 39.3 Å². The van der Waals surface area contributed by atoms with Gasteiger partial charge in [-0.25, -0.2) is 4.79 Å². The summed E-state index contributed by atoms with van der Waals surface area (Å²) in [4.78, 5) is 61.7. The third kappa shape index (κ3) is 7.87. The van der Waals surface area contributed by atoms with Gasteiger partial charge in [0.25, 0.3) is 13.4 Å². The van der Waals surface area contributed by atoms with Crippen molar-refractivity contribution >= 4 is 32.3 Å². The fraction of sp³-hybridized carbons (Fsp3) is 0.722. The number of aliphatic hydroxyl groups is 5. The van der Waals surface area contributed by atoms with Gasteiger partial charge in [0.1, 0.15) is 31.1 Å². The molecule has 11 unspecified atom stereocenters. The van der Waals surface area contributed by atoms with Crippen LogP contribution < -0.4 is 26.4 Å². The lowest BCUT2D eigenvalue weighted by molar-refractivity contribution is -0.240. The van der Waals surface area contributed by atoms with E-state index in [9.17, 15) is 54.3 Å². The number of ether oxygens (including phenoxy) is 1. The molecule has 11 atom stereocenters. The minimum atomic E-state index is -5.56. The Morgan fingerprint density at radius 3 is 2.49 bits per heavy atom. The summed E-state index contributed by atoms with van der Waals surface area (Å²) in [6.07, 6.45) is -10.6. The number of carbonyl (C=O) groups is 1. The first-order valence-electron chi connectivity index (χ1n) is 11.3. The van der Waals surface area contributed by atoms with Crippen LogP contribution in [0.1, 0.15) is 19.6 Å². The molecule has 0 aromatic carbocycles. The molecule has 0 spiro atoms. The molecule has 1 amide bonds. The summed E-state index contributed by atoms with van der Waals surface area (Å²) in [6.45, 7) is -5.55. The zero-order chi connectivity index (χ0) is 29.3. The Morgan fingerprint density at radius 1 is 1.23 bits per heavy atom. The average molecular weight is 619 g/mol. The van der Waals surface area contributed by atoms with Gasteiger partial charge in [-0.05, 0) is 6.42 Å². The first kappa shape index (κ1) is 32.1. The third-order valence-corrected chi connectivity index (χ3v) is 9.52. The van der Waals surface area contributed by atoms with Crippen molar-refractivity contribution in [3.05, 3.63) is 33.1 Å². The number of phosphoric acid groups is 1. The molecule has 2 heterocycles. The highest BCUT2D eigenvalue weighted by Gasteiger charge is 2.46. The Labute approximate surface area is 224 Å². The molecule has 39 heavy (non-hydrogen) atoms. The topological polar surface area (TPSA) is 285 Å². The summed E-state index contributed by atoms with van der Waals surface area (Å²) in [5, 5.41) is 52.6. The van der Waals surface area contributed by atoms with Crippen LogP contribution in [0.5, 0.6) is 0 Å². The molecule has 1 saturated carbocycles. The van der Waals surface area contributed by atoms with Crippen molar-refractivity contribution in [2.45, 2.75) is 62.2 Å². The number of aromatic amines is 1. The molecule has 0 radical (unpaired) electrons. The fourth-order valence-electron chi connectivity index (χ4n) is 4.22. The molecule has 1 saturated heterocycles. The summed E-state index contributed by atoms with van der Waals surface area (Å²) >= 11 is 4.63. The number of H-pyrrole nitrogens is 1. The van der Waals surface area contributed by atoms with E-state index in [0.717, 1.165) is 23.8 Å². The maximum atomic E-state index is 12.7. The molecule has 1 aromatic heterocycles. The van der Waals surface area contributed by atoms with E-state index in [2.05, 4.69) is 26.0 Å². The van der Waals surface area contributed by atoms with Gasteiger partial charge >= 0.3 is 5.69 Å². The molecular formula is C18H27N3O15P2S-2. The smallest absolute Gasteiger partial charge is 0.330 e. The van der Waals surface area contributed by atoms with Gasteiger partial charge in [-0.1, -0.05) is 11.8 Å². The zero-order valence-corrected chi connectivity index (χ0v) is 22.6. The molecular weight excluding hydrogens is 592 g/mol. The van der Waals surface area contributed by atoms with Crippen LogP contribution >= 0.6 is 14.5 Å². The second-order valence-electron chi connectivity index (χ2n) is 8.87. The average Bonchev–Trinajstić information content (AvgIpc) is 3.10. The van der Waals surface area contributed by atoms with Gasteiger partial charge in [0.15, 0.2) is 6.23 Å². The first-order chi connectivity index (χ1) is 18.0. The predicted octanol–water partition coefficient (Wildman–Crippen LogP) is -5.13. The SMILES string of the molecule is CC(=O)NC1C(OP([O-])(=S)OP(=O)([O-])OCC2OC(n3ccc(=O)[nH]c3=O)C(O)C2O)CC(CO)C(O)C1O. The number of hydrogen-bond acceptors (Lipinski definition) is 16. The van der Waals surface area contributed by atoms with Crippen LogP contribution in [0.15, 0.2) is 21.9 Å². The van der Waals surface area contributed by atoms with E-state index in [1.807, 2.05) is 4.98 Å². The van der Waals surface area contributed by atoms with Crippen LogP contribution in [0.2, 0.25) is 0 Å². The number of aromatic nitrogens is 2. The molecule has 0 bridgehead atoms. The van der Waals surface area contributed by atoms with Gasteiger partial charge in [0, 0.05) is 31.7 Å². The van der Waals surface area contributed by atoms with E-state index in [1.165, 1.54) is 0 Å².